The maximum Gasteiger partial charge on any atom is 0.227 e. The van der Waals surface area contributed by atoms with Gasteiger partial charge in [0.1, 0.15) is 5.65 Å². The second-order valence-electron chi connectivity index (χ2n) is 6.56. The van der Waals surface area contributed by atoms with Crippen LogP contribution in [0.25, 0.3) is 5.65 Å². The predicted octanol–water partition coefficient (Wildman–Crippen LogP) is 3.26. The number of imidazole rings is 1. The van der Waals surface area contributed by atoms with E-state index in [9.17, 15) is 4.79 Å². The molecule has 0 radical (unpaired) electrons. The summed E-state index contributed by atoms with van der Waals surface area (Å²) in [5.74, 6) is -0.0400. The van der Waals surface area contributed by atoms with Crippen LogP contribution in [-0.4, -0.2) is 15.3 Å². The molecule has 0 fully saturated rings. The number of nitrogens with zero attached hydrogens (tertiary/aromatic N) is 3. The molecule has 0 saturated carbocycles. The summed E-state index contributed by atoms with van der Waals surface area (Å²) in [6, 6.07) is 13.2. The molecule has 25 heavy (non-hydrogen) atoms. The SMILES string of the molecule is Cc1ccn2c3c(nc2c1)CCC(C(=O)Nc1ccc(C#N)cc1)C3. The third-order valence-corrected chi connectivity index (χ3v) is 4.79. The highest BCUT2D eigenvalue weighted by atomic mass is 16.1. The lowest BCUT2D eigenvalue weighted by Gasteiger charge is -2.21. The average Bonchev–Trinajstić information content (AvgIpc) is 2.98. The molecule has 3 aromatic rings. The topological polar surface area (TPSA) is 70.2 Å². The highest BCUT2D eigenvalue weighted by Crippen LogP contribution is 2.27. The number of carbonyl (C=O) groups excluding carboxylic acids is 1. The van der Waals surface area contributed by atoms with Gasteiger partial charge in [0, 0.05) is 29.9 Å². The summed E-state index contributed by atoms with van der Waals surface area (Å²) >= 11 is 0. The van der Waals surface area contributed by atoms with Crippen molar-refractivity contribution >= 4 is 17.2 Å². The Morgan fingerprint density at radius 2 is 2.12 bits per heavy atom. The van der Waals surface area contributed by atoms with E-state index in [4.69, 9.17) is 10.2 Å². The van der Waals surface area contributed by atoms with Gasteiger partial charge >= 0.3 is 0 Å². The van der Waals surface area contributed by atoms with Gasteiger partial charge in [0.15, 0.2) is 0 Å². The summed E-state index contributed by atoms with van der Waals surface area (Å²) < 4.78 is 2.10. The van der Waals surface area contributed by atoms with Crippen LogP contribution in [-0.2, 0) is 17.6 Å². The van der Waals surface area contributed by atoms with Crippen LogP contribution in [0.1, 0.15) is 28.9 Å². The number of fused-ring (bicyclic) bond motifs is 3. The van der Waals surface area contributed by atoms with E-state index in [1.54, 1.807) is 24.3 Å². The van der Waals surface area contributed by atoms with E-state index >= 15 is 0 Å². The van der Waals surface area contributed by atoms with Crippen LogP contribution in [0.15, 0.2) is 42.6 Å². The molecular weight excluding hydrogens is 312 g/mol. The number of nitrogens with one attached hydrogen (secondary N) is 1. The van der Waals surface area contributed by atoms with Crippen LogP contribution < -0.4 is 5.32 Å². The Labute approximate surface area is 145 Å². The van der Waals surface area contributed by atoms with E-state index in [1.165, 1.54) is 5.56 Å². The fourth-order valence-electron chi connectivity index (χ4n) is 3.40. The van der Waals surface area contributed by atoms with Crippen molar-refractivity contribution in [1.29, 1.82) is 5.26 Å². The largest absolute Gasteiger partial charge is 0.326 e. The monoisotopic (exact) mass is 330 g/mol. The first-order valence-electron chi connectivity index (χ1n) is 8.41. The molecule has 1 aliphatic carbocycles. The molecule has 0 spiro atoms. The maximum absolute atomic E-state index is 12.6. The molecule has 1 aliphatic rings. The smallest absolute Gasteiger partial charge is 0.227 e. The van der Waals surface area contributed by atoms with Gasteiger partial charge in [-0.25, -0.2) is 4.98 Å². The summed E-state index contributed by atoms with van der Waals surface area (Å²) in [5, 5.41) is 11.8. The Hall–Kier alpha value is -3.13. The van der Waals surface area contributed by atoms with Crippen molar-refractivity contribution in [2.45, 2.75) is 26.2 Å². The second kappa shape index (κ2) is 6.06. The Bertz CT molecular complexity index is 995. The Morgan fingerprint density at radius 3 is 2.88 bits per heavy atom. The first-order valence-corrected chi connectivity index (χ1v) is 8.41. The highest BCUT2D eigenvalue weighted by molar-refractivity contribution is 5.92. The predicted molar refractivity (Wildman–Crippen MR) is 95.2 cm³/mol. The van der Waals surface area contributed by atoms with Crippen LogP contribution >= 0.6 is 0 Å². The van der Waals surface area contributed by atoms with Gasteiger partial charge in [0.2, 0.25) is 5.91 Å². The van der Waals surface area contributed by atoms with E-state index < -0.39 is 0 Å². The lowest BCUT2D eigenvalue weighted by Crippen LogP contribution is -2.28. The number of aryl methyl sites for hydroxylation is 2. The number of hydrogen-bond donors (Lipinski definition) is 1. The molecule has 1 unspecified atom stereocenters. The van der Waals surface area contributed by atoms with Crippen LogP contribution in [0.4, 0.5) is 5.69 Å². The van der Waals surface area contributed by atoms with Crippen LogP contribution in [0.5, 0.6) is 0 Å². The Morgan fingerprint density at radius 1 is 1.32 bits per heavy atom. The number of nitriles is 1. The Balaban J connectivity index is 1.54. The van der Waals surface area contributed by atoms with Gasteiger partial charge in [0.25, 0.3) is 0 Å². The number of benzene rings is 1. The minimum absolute atomic E-state index is 0.0254. The minimum Gasteiger partial charge on any atom is -0.326 e. The van der Waals surface area contributed by atoms with E-state index in [-0.39, 0.29) is 11.8 Å². The van der Waals surface area contributed by atoms with Crippen molar-refractivity contribution in [3.63, 3.8) is 0 Å². The number of pyridine rings is 1. The fourth-order valence-corrected chi connectivity index (χ4v) is 3.40. The van der Waals surface area contributed by atoms with Gasteiger partial charge in [-0.05, 0) is 61.7 Å². The number of anilines is 1. The number of amides is 1. The normalized spacial score (nSPS) is 16.2. The fraction of sp³-hybridized carbons (Fsp3) is 0.250. The molecule has 1 N–H and O–H groups in total. The van der Waals surface area contributed by atoms with Crippen molar-refractivity contribution in [1.82, 2.24) is 9.38 Å². The standard InChI is InChI=1S/C20H18N4O/c1-13-8-9-24-18-11-15(4-7-17(18)23-19(24)10-13)20(25)22-16-5-2-14(12-21)3-6-16/h2-3,5-6,8-10,15H,4,7,11H2,1H3,(H,22,25). The van der Waals surface area contributed by atoms with Gasteiger partial charge in [-0.3, -0.25) is 4.79 Å². The number of carbonyl (C=O) groups is 1. The lowest BCUT2D eigenvalue weighted by atomic mass is 9.89. The number of aromatic nitrogens is 2. The van der Waals surface area contributed by atoms with Crippen LogP contribution in [0.2, 0.25) is 0 Å². The van der Waals surface area contributed by atoms with E-state index in [1.807, 2.05) is 6.20 Å². The number of hydrogen-bond acceptors (Lipinski definition) is 3. The number of rotatable bonds is 2. The third-order valence-electron chi connectivity index (χ3n) is 4.79. The van der Waals surface area contributed by atoms with Crippen LogP contribution in [0.3, 0.4) is 0 Å². The molecule has 0 saturated heterocycles. The average molecular weight is 330 g/mol. The highest BCUT2D eigenvalue weighted by Gasteiger charge is 2.28. The zero-order valence-electron chi connectivity index (χ0n) is 14.0. The first-order chi connectivity index (χ1) is 12.1. The summed E-state index contributed by atoms with van der Waals surface area (Å²) in [4.78, 5) is 17.3. The van der Waals surface area contributed by atoms with E-state index in [0.717, 1.165) is 35.6 Å². The van der Waals surface area contributed by atoms with E-state index in [0.29, 0.717) is 12.0 Å². The maximum atomic E-state index is 12.6. The quantitative estimate of drug-likeness (QED) is 0.784. The molecular formula is C20H18N4O. The molecule has 5 heteroatoms. The summed E-state index contributed by atoms with van der Waals surface area (Å²) in [6.45, 7) is 2.06. The van der Waals surface area contributed by atoms with Crippen molar-refractivity contribution in [3.8, 4) is 6.07 Å². The molecule has 2 heterocycles. The van der Waals surface area contributed by atoms with Gasteiger partial charge in [-0.1, -0.05) is 0 Å². The van der Waals surface area contributed by atoms with Gasteiger partial charge in [-0.2, -0.15) is 5.26 Å². The van der Waals surface area contributed by atoms with Gasteiger partial charge in [-0.15, -0.1) is 0 Å². The molecule has 1 aromatic carbocycles. The van der Waals surface area contributed by atoms with Crippen molar-refractivity contribution in [2.24, 2.45) is 5.92 Å². The van der Waals surface area contributed by atoms with Gasteiger partial charge < -0.3 is 9.72 Å². The molecule has 1 amide bonds. The zero-order chi connectivity index (χ0) is 17.4. The lowest BCUT2D eigenvalue weighted by molar-refractivity contribution is -0.120. The summed E-state index contributed by atoms with van der Waals surface area (Å²) in [6.07, 6.45) is 4.36. The first kappa shape index (κ1) is 15.4. The second-order valence-corrected chi connectivity index (χ2v) is 6.56. The van der Waals surface area contributed by atoms with Crippen LogP contribution in [0, 0.1) is 24.2 Å². The molecule has 4 rings (SSSR count). The molecule has 0 bridgehead atoms. The van der Waals surface area contributed by atoms with Crippen molar-refractivity contribution in [3.05, 3.63) is 65.1 Å². The molecule has 1 atom stereocenters. The van der Waals surface area contributed by atoms with Crippen molar-refractivity contribution in [2.75, 3.05) is 5.32 Å². The third kappa shape index (κ3) is 2.87. The van der Waals surface area contributed by atoms with Gasteiger partial charge in [0.05, 0.1) is 17.3 Å². The van der Waals surface area contributed by atoms with E-state index in [2.05, 4.69) is 34.8 Å². The van der Waals surface area contributed by atoms with Crippen molar-refractivity contribution < 1.29 is 4.79 Å². The molecule has 124 valence electrons. The molecule has 5 nitrogen and oxygen atoms in total. The molecule has 2 aromatic heterocycles. The summed E-state index contributed by atoms with van der Waals surface area (Å²) in [5.41, 5.74) is 5.70. The zero-order valence-corrected chi connectivity index (χ0v) is 14.0. The molecule has 0 aliphatic heterocycles. The minimum atomic E-state index is -0.0654. The summed E-state index contributed by atoms with van der Waals surface area (Å²) in [7, 11) is 0. The Kier molecular flexibility index (Phi) is 3.73.